The van der Waals surface area contributed by atoms with Crippen LogP contribution in [0.25, 0.3) is 0 Å². The van der Waals surface area contributed by atoms with Crippen LogP contribution in [-0.4, -0.2) is 39.8 Å². The summed E-state index contributed by atoms with van der Waals surface area (Å²) < 4.78 is 66.9. The molecule has 1 fully saturated rings. The van der Waals surface area contributed by atoms with Gasteiger partial charge in [0, 0.05) is 4.90 Å². The van der Waals surface area contributed by atoms with Crippen LogP contribution in [0.5, 0.6) is 0 Å². The Labute approximate surface area is 152 Å². The zero-order valence-electron chi connectivity index (χ0n) is 14.8. The van der Waals surface area contributed by atoms with Gasteiger partial charge in [-0.2, -0.15) is 13.2 Å². The highest BCUT2D eigenvalue weighted by Crippen LogP contribution is 2.35. The van der Waals surface area contributed by atoms with E-state index >= 15 is 0 Å². The monoisotopic (exact) mass is 394 g/mol. The van der Waals surface area contributed by atoms with E-state index in [1.165, 1.54) is 12.1 Å². The molecule has 0 aromatic heterocycles. The van der Waals surface area contributed by atoms with E-state index in [1.807, 2.05) is 6.92 Å². The van der Waals surface area contributed by atoms with Crippen LogP contribution in [0, 0.1) is 6.92 Å². The highest BCUT2D eigenvalue weighted by atomic mass is 32.2. The van der Waals surface area contributed by atoms with Gasteiger partial charge in [0.15, 0.2) is 5.79 Å². The molecule has 5 nitrogen and oxygen atoms in total. The molecule has 1 aromatic rings. The molecule has 26 heavy (non-hydrogen) atoms. The first-order valence-electron chi connectivity index (χ1n) is 8.05. The Morgan fingerprint density at radius 3 is 2.35 bits per heavy atom. The lowest BCUT2D eigenvalue weighted by Gasteiger charge is -2.26. The zero-order valence-corrected chi connectivity index (χ0v) is 15.6. The normalized spacial score (nSPS) is 24.9. The van der Waals surface area contributed by atoms with E-state index in [2.05, 4.69) is 4.74 Å². The smallest absolute Gasteiger partial charge is 0.439 e. The fraction of sp³-hybridized carbons (Fsp3) is 0.588. The van der Waals surface area contributed by atoms with Crippen molar-refractivity contribution in [2.24, 2.45) is 0 Å². The van der Waals surface area contributed by atoms with Crippen molar-refractivity contribution >= 4 is 16.8 Å². The summed E-state index contributed by atoms with van der Waals surface area (Å²) in [4.78, 5) is 11.6. The Morgan fingerprint density at radius 2 is 1.85 bits per heavy atom. The number of halogens is 3. The third kappa shape index (κ3) is 4.83. The summed E-state index contributed by atoms with van der Waals surface area (Å²) in [6.07, 6.45) is -6.57. The maximum atomic E-state index is 12.9. The van der Waals surface area contributed by atoms with Gasteiger partial charge in [0.2, 0.25) is 5.44 Å². The molecule has 146 valence electrons. The summed E-state index contributed by atoms with van der Waals surface area (Å²) >= 11 is 0. The molecule has 1 aliphatic heterocycles. The van der Waals surface area contributed by atoms with Gasteiger partial charge < -0.3 is 14.2 Å². The largest absolute Gasteiger partial charge is 0.490 e. The van der Waals surface area contributed by atoms with E-state index < -0.39 is 46.4 Å². The molecule has 1 aliphatic rings. The molecule has 0 spiro atoms. The fourth-order valence-electron chi connectivity index (χ4n) is 2.62. The lowest BCUT2D eigenvalue weighted by atomic mass is 10.2. The van der Waals surface area contributed by atoms with Crippen molar-refractivity contribution < 1.29 is 36.4 Å². The number of esters is 1. The quantitative estimate of drug-likeness (QED) is 0.716. The molecule has 0 N–H and O–H groups in total. The first-order valence-corrected chi connectivity index (χ1v) is 9.26. The minimum absolute atomic E-state index is 0.235. The average molecular weight is 394 g/mol. The van der Waals surface area contributed by atoms with Gasteiger partial charge in [-0.3, -0.25) is 4.21 Å². The van der Waals surface area contributed by atoms with E-state index in [-0.39, 0.29) is 4.90 Å². The standard InChI is InChI=1S/C17H21F3O5S/c1-5-12-13(25-16(3,4)24-12)14(23-15(21)17(18,19)20)26(22)11-8-6-10(2)7-9-11/h6-9,12-14H,5H2,1-4H3/t12-,13+,14?,26?/m1/s1. The Morgan fingerprint density at radius 1 is 1.27 bits per heavy atom. The second kappa shape index (κ2) is 7.66. The Bertz CT molecular complexity index is 672. The number of hydrogen-bond donors (Lipinski definition) is 0. The minimum Gasteiger partial charge on any atom is -0.439 e. The van der Waals surface area contributed by atoms with Gasteiger partial charge in [0.05, 0.1) is 16.9 Å². The molecule has 2 rings (SSSR count). The minimum atomic E-state index is -5.20. The maximum absolute atomic E-state index is 12.9. The van der Waals surface area contributed by atoms with E-state index in [9.17, 15) is 22.2 Å². The first kappa shape index (κ1) is 20.9. The Kier molecular flexibility index (Phi) is 6.14. The van der Waals surface area contributed by atoms with Gasteiger partial charge >= 0.3 is 12.1 Å². The summed E-state index contributed by atoms with van der Waals surface area (Å²) in [6.45, 7) is 6.75. The van der Waals surface area contributed by atoms with Gasteiger partial charge in [-0.05, 0) is 39.3 Å². The van der Waals surface area contributed by atoms with Crippen molar-refractivity contribution in [3.05, 3.63) is 29.8 Å². The number of rotatable bonds is 5. The fourth-order valence-corrected chi connectivity index (χ4v) is 3.94. The van der Waals surface area contributed by atoms with Crippen molar-refractivity contribution in [3.63, 3.8) is 0 Å². The number of ether oxygens (including phenoxy) is 3. The molecular formula is C17H21F3O5S. The topological polar surface area (TPSA) is 61.8 Å². The molecule has 4 atom stereocenters. The van der Waals surface area contributed by atoms with Gasteiger partial charge in [-0.15, -0.1) is 0 Å². The number of alkyl halides is 3. The van der Waals surface area contributed by atoms with E-state index in [1.54, 1.807) is 32.9 Å². The second-order valence-corrected chi connectivity index (χ2v) is 7.96. The van der Waals surface area contributed by atoms with Crippen molar-refractivity contribution in [1.82, 2.24) is 0 Å². The van der Waals surface area contributed by atoms with E-state index in [0.717, 1.165) is 5.56 Å². The van der Waals surface area contributed by atoms with E-state index in [4.69, 9.17) is 9.47 Å². The van der Waals surface area contributed by atoms with Crippen LogP contribution in [0.3, 0.4) is 0 Å². The van der Waals surface area contributed by atoms with Crippen molar-refractivity contribution in [3.8, 4) is 0 Å². The summed E-state index contributed by atoms with van der Waals surface area (Å²) in [7, 11) is -2.08. The third-order valence-electron chi connectivity index (χ3n) is 3.81. The summed E-state index contributed by atoms with van der Waals surface area (Å²) in [5, 5.41) is 0. The highest BCUT2D eigenvalue weighted by Gasteiger charge is 2.51. The predicted molar refractivity (Wildman–Crippen MR) is 87.6 cm³/mol. The van der Waals surface area contributed by atoms with Crippen LogP contribution in [0.15, 0.2) is 29.2 Å². The van der Waals surface area contributed by atoms with Gasteiger partial charge in [0.25, 0.3) is 0 Å². The number of carbonyl (C=O) groups excluding carboxylic acids is 1. The molecule has 2 unspecified atom stereocenters. The van der Waals surface area contributed by atoms with E-state index in [0.29, 0.717) is 6.42 Å². The highest BCUT2D eigenvalue weighted by molar-refractivity contribution is 7.85. The molecule has 1 saturated heterocycles. The number of benzene rings is 1. The molecule has 0 bridgehead atoms. The Hall–Kier alpha value is -1.45. The molecule has 1 heterocycles. The maximum Gasteiger partial charge on any atom is 0.490 e. The number of carbonyl (C=O) groups is 1. The van der Waals surface area contributed by atoms with Crippen LogP contribution in [0.1, 0.15) is 32.8 Å². The molecule has 1 aromatic carbocycles. The van der Waals surface area contributed by atoms with Crippen molar-refractivity contribution in [2.75, 3.05) is 0 Å². The molecule has 0 radical (unpaired) electrons. The van der Waals surface area contributed by atoms with Crippen molar-refractivity contribution in [2.45, 2.75) is 68.6 Å². The predicted octanol–water partition coefficient (Wildman–Crippen LogP) is 3.46. The van der Waals surface area contributed by atoms with Gasteiger partial charge in [0.1, 0.15) is 6.10 Å². The average Bonchev–Trinajstić information content (AvgIpc) is 2.86. The summed E-state index contributed by atoms with van der Waals surface area (Å²) in [6, 6.07) is 6.37. The summed E-state index contributed by atoms with van der Waals surface area (Å²) in [5.41, 5.74) is -0.763. The summed E-state index contributed by atoms with van der Waals surface area (Å²) in [5.74, 6) is -3.50. The Balaban J connectivity index is 2.37. The van der Waals surface area contributed by atoms with Crippen LogP contribution >= 0.6 is 0 Å². The lowest BCUT2D eigenvalue weighted by molar-refractivity contribution is -0.207. The van der Waals surface area contributed by atoms with Crippen LogP contribution in [0.2, 0.25) is 0 Å². The molecule has 0 amide bonds. The SMILES string of the molecule is CC[C@H]1OC(C)(C)O[C@@H]1C(OC(=O)C(F)(F)F)S(=O)c1ccc(C)cc1. The molecule has 0 aliphatic carbocycles. The zero-order chi connectivity index (χ0) is 19.7. The van der Waals surface area contributed by atoms with Gasteiger partial charge in [-0.1, -0.05) is 24.6 Å². The lowest BCUT2D eigenvalue weighted by Crippen LogP contribution is -2.44. The third-order valence-corrected chi connectivity index (χ3v) is 5.33. The number of aryl methyl sites for hydroxylation is 1. The van der Waals surface area contributed by atoms with Crippen LogP contribution < -0.4 is 0 Å². The first-order chi connectivity index (χ1) is 11.9. The van der Waals surface area contributed by atoms with Crippen molar-refractivity contribution in [1.29, 1.82) is 0 Å². The van der Waals surface area contributed by atoms with Crippen LogP contribution in [0.4, 0.5) is 13.2 Å². The van der Waals surface area contributed by atoms with Gasteiger partial charge in [-0.25, -0.2) is 4.79 Å². The molecular weight excluding hydrogens is 373 g/mol. The molecule has 0 saturated carbocycles. The van der Waals surface area contributed by atoms with Crippen LogP contribution in [-0.2, 0) is 29.8 Å². The number of hydrogen-bond acceptors (Lipinski definition) is 5. The molecule has 9 heteroatoms. The second-order valence-electron chi connectivity index (χ2n) is 6.43.